The molecule has 1 aromatic heterocycles. The smallest absolute Gasteiger partial charge is 0.338 e. The maximum Gasteiger partial charge on any atom is 0.338 e. The van der Waals surface area contributed by atoms with E-state index in [1.54, 1.807) is 58.3 Å². The van der Waals surface area contributed by atoms with Crippen LogP contribution in [0.1, 0.15) is 64.3 Å². The number of benzene rings is 2. The number of amides is 2. The highest BCUT2D eigenvalue weighted by Gasteiger charge is 2.23. The topological polar surface area (TPSA) is 97.4 Å². The zero-order valence-electron chi connectivity index (χ0n) is 20.8. The van der Waals surface area contributed by atoms with Crippen LogP contribution >= 0.6 is 11.3 Å². The number of nitrogens with one attached hydrogen (secondary N) is 2. The molecule has 2 N–H and O–H groups in total. The van der Waals surface area contributed by atoms with Crippen LogP contribution in [-0.4, -0.2) is 34.9 Å². The molecule has 3 aromatic rings. The van der Waals surface area contributed by atoms with Crippen LogP contribution in [0.2, 0.25) is 0 Å². The molecule has 0 spiro atoms. The minimum absolute atomic E-state index is 0.0117. The number of carbonyl (C=O) groups is 3. The van der Waals surface area contributed by atoms with Gasteiger partial charge in [-0.1, -0.05) is 18.2 Å². The van der Waals surface area contributed by atoms with Gasteiger partial charge in [-0.25, -0.2) is 14.2 Å². The lowest BCUT2D eigenvalue weighted by atomic mass is 9.92. The molecule has 0 aliphatic rings. The van der Waals surface area contributed by atoms with Gasteiger partial charge >= 0.3 is 5.97 Å². The normalized spacial score (nSPS) is 11.1. The van der Waals surface area contributed by atoms with E-state index in [2.05, 4.69) is 22.2 Å². The Kier molecular flexibility index (Phi) is 8.04. The van der Waals surface area contributed by atoms with Gasteiger partial charge in [0, 0.05) is 29.2 Å². The lowest BCUT2D eigenvalue weighted by molar-refractivity contribution is 0.00688. The molecule has 7 nitrogen and oxygen atoms in total. The molecule has 0 radical (unpaired) electrons. The third-order valence-electron chi connectivity index (χ3n) is 5.00. The number of thiazole rings is 1. The Morgan fingerprint density at radius 2 is 1.81 bits per heavy atom. The van der Waals surface area contributed by atoms with Crippen LogP contribution in [0.15, 0.2) is 54.1 Å². The summed E-state index contributed by atoms with van der Waals surface area (Å²) >= 11 is 1.23. The van der Waals surface area contributed by atoms with Gasteiger partial charge in [-0.05, 0) is 75.6 Å². The SMILES string of the molecule is C=C(C)CNC(=O)c1ccc(-c2cc(C(=O)OC(C)(C)C)cc(F)c2C)c(C(=O)Nc2nccs2)c1. The first-order valence-electron chi connectivity index (χ1n) is 11.2. The average molecular weight is 510 g/mol. The molecular weight excluding hydrogens is 481 g/mol. The minimum atomic E-state index is -0.768. The molecule has 0 aliphatic carbocycles. The lowest BCUT2D eigenvalue weighted by Gasteiger charge is -2.20. The first-order chi connectivity index (χ1) is 16.9. The number of ether oxygens (including phenoxy) is 1. The van der Waals surface area contributed by atoms with Crippen LogP contribution < -0.4 is 10.6 Å². The van der Waals surface area contributed by atoms with Crippen LogP contribution in [0.4, 0.5) is 9.52 Å². The average Bonchev–Trinajstić information content (AvgIpc) is 3.30. The first kappa shape index (κ1) is 26.7. The fraction of sp³-hybridized carbons (Fsp3) is 0.259. The summed E-state index contributed by atoms with van der Waals surface area (Å²) in [5, 5.41) is 7.52. The number of rotatable bonds is 7. The van der Waals surface area contributed by atoms with Crippen LogP contribution in [0, 0.1) is 12.7 Å². The van der Waals surface area contributed by atoms with Crippen molar-refractivity contribution < 1.29 is 23.5 Å². The summed E-state index contributed by atoms with van der Waals surface area (Å²) in [5.74, 6) is -2.23. The molecule has 3 rings (SSSR count). The minimum Gasteiger partial charge on any atom is -0.456 e. The highest BCUT2D eigenvalue weighted by Crippen LogP contribution is 2.32. The van der Waals surface area contributed by atoms with Gasteiger partial charge in [0.2, 0.25) is 0 Å². The number of nitrogens with zero attached hydrogens (tertiary/aromatic N) is 1. The van der Waals surface area contributed by atoms with Crippen LogP contribution in [0.3, 0.4) is 0 Å². The van der Waals surface area contributed by atoms with E-state index in [4.69, 9.17) is 4.74 Å². The van der Waals surface area contributed by atoms with E-state index in [1.807, 2.05) is 0 Å². The second-order valence-electron chi connectivity index (χ2n) is 9.32. The quantitative estimate of drug-likeness (QED) is 0.311. The third-order valence-corrected chi connectivity index (χ3v) is 5.69. The highest BCUT2D eigenvalue weighted by atomic mass is 32.1. The maximum atomic E-state index is 15.0. The Balaban J connectivity index is 2.12. The van der Waals surface area contributed by atoms with E-state index in [0.29, 0.717) is 16.3 Å². The molecule has 0 bridgehead atoms. The zero-order chi connectivity index (χ0) is 26.6. The van der Waals surface area contributed by atoms with Crippen molar-refractivity contribution in [3.63, 3.8) is 0 Å². The molecule has 0 aliphatic heterocycles. The molecule has 0 atom stereocenters. The number of aromatic nitrogens is 1. The molecule has 0 fully saturated rings. The van der Waals surface area contributed by atoms with Crippen molar-refractivity contribution >= 4 is 34.3 Å². The Hall–Kier alpha value is -3.85. The van der Waals surface area contributed by atoms with E-state index in [9.17, 15) is 18.8 Å². The van der Waals surface area contributed by atoms with E-state index in [-0.39, 0.29) is 28.8 Å². The number of halogens is 1. The lowest BCUT2D eigenvalue weighted by Crippen LogP contribution is -2.25. The molecule has 9 heteroatoms. The fourth-order valence-corrected chi connectivity index (χ4v) is 3.83. The molecule has 1 heterocycles. The van der Waals surface area contributed by atoms with Crippen molar-refractivity contribution in [3.05, 3.63) is 82.1 Å². The third kappa shape index (κ3) is 6.63. The van der Waals surface area contributed by atoms with Crippen LogP contribution in [0.25, 0.3) is 11.1 Å². The van der Waals surface area contributed by atoms with E-state index in [0.717, 1.165) is 11.6 Å². The van der Waals surface area contributed by atoms with Crippen molar-refractivity contribution in [1.29, 1.82) is 0 Å². The number of esters is 1. The Morgan fingerprint density at radius 1 is 1.08 bits per heavy atom. The van der Waals surface area contributed by atoms with E-state index in [1.165, 1.54) is 23.5 Å². The molecule has 188 valence electrons. The van der Waals surface area contributed by atoms with E-state index < -0.39 is 29.2 Å². The van der Waals surface area contributed by atoms with Gasteiger partial charge in [0.1, 0.15) is 11.4 Å². The van der Waals surface area contributed by atoms with Crippen LogP contribution in [0.5, 0.6) is 0 Å². The number of anilines is 1. The second kappa shape index (κ2) is 10.8. The first-order valence-corrected chi connectivity index (χ1v) is 12.0. The number of hydrogen-bond acceptors (Lipinski definition) is 6. The summed E-state index contributed by atoms with van der Waals surface area (Å²) in [7, 11) is 0. The number of hydrogen-bond donors (Lipinski definition) is 2. The molecule has 0 saturated carbocycles. The monoisotopic (exact) mass is 509 g/mol. The van der Waals surface area contributed by atoms with Crippen molar-refractivity contribution in [3.8, 4) is 11.1 Å². The fourth-order valence-electron chi connectivity index (χ4n) is 3.30. The van der Waals surface area contributed by atoms with E-state index >= 15 is 0 Å². The Bertz CT molecular complexity index is 1330. The summed E-state index contributed by atoms with van der Waals surface area (Å²) in [6.45, 7) is 12.5. The molecule has 0 unspecified atom stereocenters. The van der Waals surface area contributed by atoms with Crippen molar-refractivity contribution in [1.82, 2.24) is 10.3 Å². The zero-order valence-corrected chi connectivity index (χ0v) is 21.6. The summed E-state index contributed by atoms with van der Waals surface area (Å²) in [5.41, 5.74) is 1.30. The van der Waals surface area contributed by atoms with Crippen molar-refractivity contribution in [2.24, 2.45) is 0 Å². The second-order valence-corrected chi connectivity index (χ2v) is 10.2. The van der Waals surface area contributed by atoms with Gasteiger partial charge in [-0.15, -0.1) is 11.3 Å². The van der Waals surface area contributed by atoms with Crippen LogP contribution in [-0.2, 0) is 4.74 Å². The summed E-state index contributed by atoms with van der Waals surface area (Å²) in [6, 6.07) is 7.14. The van der Waals surface area contributed by atoms with Crippen molar-refractivity contribution in [2.75, 3.05) is 11.9 Å². The van der Waals surface area contributed by atoms with Gasteiger partial charge in [0.15, 0.2) is 5.13 Å². The Labute approximate surface area is 213 Å². The predicted octanol–water partition coefficient (Wildman–Crippen LogP) is 5.77. The molecular formula is C27H28FN3O4S. The summed E-state index contributed by atoms with van der Waals surface area (Å²) in [6.07, 6.45) is 1.55. The standard InChI is InChI=1S/C27H28FN3O4S/c1-15(2)14-30-23(32)17-7-8-19(21(11-17)24(33)31-26-29-9-10-36-26)20-12-18(13-22(28)16(20)3)25(34)35-27(4,5)6/h7-13H,1,14H2,2-6H3,(H,30,32)(H,29,31,33). The van der Waals surface area contributed by atoms with Gasteiger partial charge in [0.05, 0.1) is 5.56 Å². The van der Waals surface area contributed by atoms with Gasteiger partial charge in [0.25, 0.3) is 11.8 Å². The highest BCUT2D eigenvalue weighted by molar-refractivity contribution is 7.13. The summed E-state index contributed by atoms with van der Waals surface area (Å²) < 4.78 is 20.4. The maximum absolute atomic E-state index is 15.0. The molecule has 36 heavy (non-hydrogen) atoms. The Morgan fingerprint density at radius 3 is 2.42 bits per heavy atom. The molecule has 2 aromatic carbocycles. The van der Waals surface area contributed by atoms with Gasteiger partial charge in [-0.3, -0.25) is 14.9 Å². The largest absolute Gasteiger partial charge is 0.456 e. The van der Waals surface area contributed by atoms with Gasteiger partial charge < -0.3 is 10.1 Å². The number of carbonyl (C=O) groups excluding carboxylic acids is 3. The summed E-state index contributed by atoms with van der Waals surface area (Å²) in [4.78, 5) is 42.7. The molecule has 0 saturated heterocycles. The van der Waals surface area contributed by atoms with Crippen molar-refractivity contribution in [2.45, 2.75) is 40.2 Å². The van der Waals surface area contributed by atoms with Gasteiger partial charge in [-0.2, -0.15) is 0 Å². The molecule has 2 amide bonds. The predicted molar refractivity (Wildman–Crippen MR) is 139 cm³/mol.